The third-order valence-electron chi connectivity index (χ3n) is 7.21. The van der Waals surface area contributed by atoms with Crippen molar-refractivity contribution in [2.45, 2.75) is 25.6 Å². The Hall–Kier alpha value is -4.06. The predicted octanol–water partition coefficient (Wildman–Crippen LogP) is 4.08. The number of likely N-dealkylation sites (N-methyl/N-ethyl adjacent to an activating group) is 1. The first-order chi connectivity index (χ1) is 19.5. The summed E-state index contributed by atoms with van der Waals surface area (Å²) < 4.78 is 50.0. The van der Waals surface area contributed by atoms with Crippen molar-refractivity contribution >= 4 is 17.9 Å². The van der Waals surface area contributed by atoms with Gasteiger partial charge in [0.15, 0.2) is 0 Å². The predicted molar refractivity (Wildman–Crippen MR) is 144 cm³/mol. The topological polar surface area (TPSA) is 91.4 Å². The van der Waals surface area contributed by atoms with E-state index in [0.29, 0.717) is 55.2 Å². The molecule has 2 aromatic carbocycles. The molecular formula is C29H33F3N4O5. The van der Waals surface area contributed by atoms with E-state index in [1.54, 1.807) is 36.1 Å². The van der Waals surface area contributed by atoms with Gasteiger partial charge in [-0.25, -0.2) is 9.59 Å². The zero-order chi connectivity index (χ0) is 29.7. The minimum Gasteiger partial charge on any atom is -0.497 e. The largest absolute Gasteiger partial charge is 0.497 e. The van der Waals surface area contributed by atoms with Crippen LogP contribution in [0.1, 0.15) is 40.9 Å². The monoisotopic (exact) mass is 574 g/mol. The summed E-state index contributed by atoms with van der Waals surface area (Å²) in [5.41, 5.74) is 0.561. The second kappa shape index (κ2) is 12.6. The van der Waals surface area contributed by atoms with E-state index in [-0.39, 0.29) is 24.6 Å². The molecule has 1 atom stereocenters. The van der Waals surface area contributed by atoms with Crippen molar-refractivity contribution in [1.29, 1.82) is 0 Å². The molecule has 220 valence electrons. The number of carbonyl (C=O) groups is 3. The average Bonchev–Trinajstić information content (AvgIpc) is 3.20. The maximum atomic E-state index is 13.2. The molecule has 12 heteroatoms. The van der Waals surface area contributed by atoms with Crippen molar-refractivity contribution in [2.24, 2.45) is 0 Å². The zero-order valence-electron chi connectivity index (χ0n) is 23.2. The van der Waals surface area contributed by atoms with Crippen molar-refractivity contribution in [2.75, 3.05) is 53.5 Å². The van der Waals surface area contributed by atoms with E-state index in [0.717, 1.165) is 12.1 Å². The molecule has 3 amide bonds. The SMILES string of the molecule is CCOC(=O)C1=C(CN2CCCN(C(=O)c3cccc(OC)c3)CC2)N(C)C(=O)NC1c1ccc(C(F)(F)F)cc1. The molecule has 1 N–H and O–H groups in total. The van der Waals surface area contributed by atoms with Gasteiger partial charge in [0.25, 0.3) is 5.91 Å². The van der Waals surface area contributed by atoms with Gasteiger partial charge >= 0.3 is 18.2 Å². The molecule has 0 aromatic heterocycles. The Kier molecular flexibility index (Phi) is 9.21. The number of ether oxygens (including phenoxy) is 2. The standard InChI is InChI=1S/C29H33F3N4O5/c1-4-41-27(38)24-23(34(2)28(39)33-25(24)19-9-11-21(12-10-19)29(30,31)32)18-35-13-6-14-36(16-15-35)26(37)20-7-5-8-22(17-20)40-3/h5,7-12,17,25H,4,6,13-16,18H2,1-3H3,(H,33,39). The highest BCUT2D eigenvalue weighted by molar-refractivity contribution is 5.95. The lowest BCUT2D eigenvalue weighted by Gasteiger charge is -2.36. The quantitative estimate of drug-likeness (QED) is 0.502. The number of carbonyl (C=O) groups excluding carboxylic acids is 3. The summed E-state index contributed by atoms with van der Waals surface area (Å²) in [4.78, 5) is 44.5. The number of alkyl halides is 3. The van der Waals surface area contributed by atoms with E-state index in [4.69, 9.17) is 9.47 Å². The maximum absolute atomic E-state index is 13.2. The second-order valence-corrected chi connectivity index (χ2v) is 9.80. The Bertz CT molecular complexity index is 1310. The van der Waals surface area contributed by atoms with Crippen molar-refractivity contribution in [1.82, 2.24) is 20.0 Å². The van der Waals surface area contributed by atoms with Gasteiger partial charge in [0.2, 0.25) is 0 Å². The fourth-order valence-corrected chi connectivity index (χ4v) is 5.00. The minimum atomic E-state index is -4.52. The molecule has 4 rings (SSSR count). The number of urea groups is 1. The smallest absolute Gasteiger partial charge is 0.416 e. The first-order valence-electron chi connectivity index (χ1n) is 13.3. The number of hydrogen-bond donors (Lipinski definition) is 1. The molecule has 0 spiro atoms. The third kappa shape index (κ3) is 6.82. The molecule has 1 fully saturated rings. The van der Waals surface area contributed by atoms with Crippen LogP contribution in [-0.4, -0.2) is 86.1 Å². The molecule has 0 radical (unpaired) electrons. The first-order valence-corrected chi connectivity index (χ1v) is 13.3. The van der Waals surface area contributed by atoms with E-state index in [1.165, 1.54) is 31.2 Å². The van der Waals surface area contributed by atoms with Crippen LogP contribution in [0.5, 0.6) is 5.75 Å². The highest BCUT2D eigenvalue weighted by Crippen LogP contribution is 2.34. The molecule has 1 saturated heterocycles. The van der Waals surface area contributed by atoms with Crippen molar-refractivity contribution in [3.8, 4) is 5.75 Å². The van der Waals surface area contributed by atoms with Crippen molar-refractivity contribution in [3.63, 3.8) is 0 Å². The summed E-state index contributed by atoms with van der Waals surface area (Å²) >= 11 is 0. The highest BCUT2D eigenvalue weighted by atomic mass is 19.4. The minimum absolute atomic E-state index is 0.0814. The van der Waals surface area contributed by atoms with E-state index >= 15 is 0 Å². The van der Waals surface area contributed by atoms with Gasteiger partial charge in [0.1, 0.15) is 5.75 Å². The average molecular weight is 575 g/mol. The van der Waals surface area contributed by atoms with Crippen LogP contribution < -0.4 is 10.1 Å². The van der Waals surface area contributed by atoms with Gasteiger partial charge in [0.05, 0.1) is 30.9 Å². The van der Waals surface area contributed by atoms with Crippen LogP contribution >= 0.6 is 0 Å². The van der Waals surface area contributed by atoms with Gasteiger partial charge < -0.3 is 19.7 Å². The maximum Gasteiger partial charge on any atom is 0.416 e. The molecule has 2 aliphatic rings. The molecule has 41 heavy (non-hydrogen) atoms. The number of nitrogens with zero attached hydrogens (tertiary/aromatic N) is 3. The summed E-state index contributed by atoms with van der Waals surface area (Å²) in [5, 5.41) is 2.72. The molecule has 0 aliphatic carbocycles. The van der Waals surface area contributed by atoms with Gasteiger partial charge in [-0.2, -0.15) is 13.2 Å². The van der Waals surface area contributed by atoms with Gasteiger partial charge in [-0.1, -0.05) is 18.2 Å². The lowest BCUT2D eigenvalue weighted by Crippen LogP contribution is -2.49. The van der Waals surface area contributed by atoms with E-state index < -0.39 is 29.8 Å². The Morgan fingerprint density at radius 3 is 2.44 bits per heavy atom. The summed E-state index contributed by atoms with van der Waals surface area (Å²) in [5.74, 6) is -0.190. The number of benzene rings is 2. The zero-order valence-corrected chi connectivity index (χ0v) is 23.2. The number of amides is 3. The molecule has 1 unspecified atom stereocenters. The van der Waals surface area contributed by atoms with E-state index in [1.807, 2.05) is 4.90 Å². The lowest BCUT2D eigenvalue weighted by atomic mass is 9.93. The van der Waals surface area contributed by atoms with Gasteiger partial charge in [-0.05, 0) is 49.2 Å². The van der Waals surface area contributed by atoms with Crippen molar-refractivity contribution < 1.29 is 37.0 Å². The number of esters is 1. The molecular weight excluding hydrogens is 541 g/mol. The summed E-state index contributed by atoms with van der Waals surface area (Å²) in [6, 6.07) is 9.82. The molecule has 0 saturated carbocycles. The fourth-order valence-electron chi connectivity index (χ4n) is 5.00. The Morgan fingerprint density at radius 2 is 1.78 bits per heavy atom. The Labute approximate surface area is 236 Å². The van der Waals surface area contributed by atoms with Crippen LogP contribution in [0.15, 0.2) is 59.8 Å². The number of methoxy groups -OCH3 is 1. The van der Waals surface area contributed by atoms with Gasteiger partial charge in [0, 0.05) is 51.0 Å². The van der Waals surface area contributed by atoms with Crippen molar-refractivity contribution in [3.05, 3.63) is 76.5 Å². The summed E-state index contributed by atoms with van der Waals surface area (Å²) in [6.07, 6.45) is -3.86. The van der Waals surface area contributed by atoms with Crippen LogP contribution in [0.3, 0.4) is 0 Å². The molecule has 0 bridgehead atoms. The molecule has 2 heterocycles. The molecule has 2 aromatic rings. The van der Waals surface area contributed by atoms with Gasteiger partial charge in [-0.15, -0.1) is 0 Å². The number of hydrogen-bond acceptors (Lipinski definition) is 6. The van der Waals surface area contributed by atoms with E-state index in [9.17, 15) is 27.6 Å². The van der Waals surface area contributed by atoms with Crippen LogP contribution in [0.2, 0.25) is 0 Å². The third-order valence-corrected chi connectivity index (χ3v) is 7.21. The number of halogens is 3. The van der Waals surface area contributed by atoms with Crippen LogP contribution in [0.4, 0.5) is 18.0 Å². The second-order valence-electron chi connectivity index (χ2n) is 9.80. The Balaban J connectivity index is 1.59. The Morgan fingerprint density at radius 1 is 1.05 bits per heavy atom. The molecule has 9 nitrogen and oxygen atoms in total. The first kappa shape index (κ1) is 29.9. The van der Waals surface area contributed by atoms with Crippen LogP contribution in [-0.2, 0) is 15.7 Å². The number of nitrogens with one attached hydrogen (secondary N) is 1. The summed E-state index contributed by atoms with van der Waals surface area (Å²) in [7, 11) is 3.07. The fraction of sp³-hybridized carbons (Fsp3) is 0.414. The normalized spacial score (nSPS) is 18.6. The summed E-state index contributed by atoms with van der Waals surface area (Å²) in [6.45, 7) is 3.97. The van der Waals surface area contributed by atoms with Crippen LogP contribution in [0.25, 0.3) is 0 Å². The lowest BCUT2D eigenvalue weighted by molar-refractivity contribution is -0.139. The number of rotatable bonds is 7. The molecule has 2 aliphatic heterocycles. The van der Waals surface area contributed by atoms with E-state index in [2.05, 4.69) is 5.32 Å². The van der Waals surface area contributed by atoms with Crippen LogP contribution in [0, 0.1) is 0 Å². The van der Waals surface area contributed by atoms with Gasteiger partial charge in [-0.3, -0.25) is 14.6 Å². The highest BCUT2D eigenvalue weighted by Gasteiger charge is 2.38.